The predicted octanol–water partition coefficient (Wildman–Crippen LogP) is 3.35. The summed E-state index contributed by atoms with van der Waals surface area (Å²) in [6.07, 6.45) is 3.49. The molecule has 3 heterocycles. The number of para-hydroxylation sites is 2. The van der Waals surface area contributed by atoms with Crippen molar-refractivity contribution < 1.29 is 17.9 Å². The second-order valence-electron chi connectivity index (χ2n) is 7.38. The van der Waals surface area contributed by atoms with Crippen LogP contribution < -0.4 is 9.46 Å². The maximum Gasteiger partial charge on any atom is 0.263 e. The zero-order chi connectivity index (χ0) is 22.0. The maximum atomic E-state index is 13.1. The first-order valence-electron chi connectivity index (χ1n) is 9.93. The Morgan fingerprint density at radius 2 is 2.00 bits per heavy atom. The molecule has 1 saturated heterocycles. The summed E-state index contributed by atoms with van der Waals surface area (Å²) in [5.41, 5.74) is 1.79. The Hall–Kier alpha value is -2.85. The third-order valence-electron chi connectivity index (χ3n) is 5.14. The number of ether oxygens (including phenoxy) is 1. The van der Waals surface area contributed by atoms with E-state index in [1.807, 2.05) is 17.2 Å². The first kappa shape index (κ1) is 21.4. The van der Waals surface area contributed by atoms with Crippen LogP contribution in [-0.4, -0.2) is 49.0 Å². The molecule has 0 atom stereocenters. The summed E-state index contributed by atoms with van der Waals surface area (Å²) >= 11 is 1.42. The average molecular weight is 461 g/mol. The van der Waals surface area contributed by atoms with E-state index in [9.17, 15) is 13.2 Å². The summed E-state index contributed by atoms with van der Waals surface area (Å²) in [6, 6.07) is 8.37. The molecule has 1 amide bonds. The van der Waals surface area contributed by atoms with Gasteiger partial charge in [-0.15, -0.1) is 11.3 Å². The second kappa shape index (κ2) is 8.72. The van der Waals surface area contributed by atoms with Crippen molar-refractivity contribution in [1.29, 1.82) is 0 Å². The lowest BCUT2D eigenvalue weighted by molar-refractivity contribution is -0.130. The lowest BCUT2D eigenvalue weighted by Gasteiger charge is -2.16. The summed E-state index contributed by atoms with van der Waals surface area (Å²) in [5.74, 6) is 0.398. The molecule has 10 heteroatoms. The smallest absolute Gasteiger partial charge is 0.263 e. The molecule has 4 rings (SSSR count). The van der Waals surface area contributed by atoms with Gasteiger partial charge in [-0.1, -0.05) is 12.1 Å². The van der Waals surface area contributed by atoms with Crippen molar-refractivity contribution in [3.8, 4) is 16.5 Å². The highest BCUT2D eigenvalue weighted by atomic mass is 32.2. The number of carbonyl (C=O) groups excluding carboxylic acids is 1. The number of amides is 1. The van der Waals surface area contributed by atoms with Gasteiger partial charge in [0.1, 0.15) is 22.2 Å². The van der Waals surface area contributed by atoms with Gasteiger partial charge in [0.25, 0.3) is 10.0 Å². The summed E-state index contributed by atoms with van der Waals surface area (Å²) in [4.78, 5) is 19.1. The zero-order valence-electron chi connectivity index (χ0n) is 17.4. The number of likely N-dealkylation sites (tertiary alicyclic amines) is 1. The number of hydrogen-bond donors (Lipinski definition) is 1. The fourth-order valence-corrected chi connectivity index (χ4v) is 5.49. The van der Waals surface area contributed by atoms with Gasteiger partial charge in [-0.25, -0.2) is 13.4 Å². The Kier molecular flexibility index (Phi) is 6.01. The van der Waals surface area contributed by atoms with E-state index >= 15 is 0 Å². The van der Waals surface area contributed by atoms with Crippen molar-refractivity contribution in [1.82, 2.24) is 14.5 Å². The van der Waals surface area contributed by atoms with Crippen LogP contribution in [0.2, 0.25) is 0 Å². The van der Waals surface area contributed by atoms with Crippen LogP contribution in [0, 0.1) is 6.92 Å². The molecule has 1 aliphatic heterocycles. The van der Waals surface area contributed by atoms with E-state index in [1.54, 1.807) is 34.9 Å². The van der Waals surface area contributed by atoms with E-state index in [-0.39, 0.29) is 17.3 Å². The number of anilines is 1. The monoisotopic (exact) mass is 460 g/mol. The Balaban J connectivity index is 1.69. The van der Waals surface area contributed by atoms with Crippen LogP contribution in [0.3, 0.4) is 0 Å². The zero-order valence-corrected chi connectivity index (χ0v) is 19.0. The molecule has 31 heavy (non-hydrogen) atoms. The molecule has 0 bridgehead atoms. The number of methoxy groups -OCH3 is 1. The highest BCUT2D eigenvalue weighted by molar-refractivity contribution is 7.92. The first-order valence-corrected chi connectivity index (χ1v) is 12.3. The molecular weight excluding hydrogens is 436 g/mol. The summed E-state index contributed by atoms with van der Waals surface area (Å²) in [5, 5.41) is 2.57. The number of aryl methyl sites for hydroxylation is 1. The lowest BCUT2D eigenvalue weighted by Crippen LogP contribution is -2.31. The second-order valence-corrected chi connectivity index (χ2v) is 9.92. The minimum Gasteiger partial charge on any atom is -0.495 e. The van der Waals surface area contributed by atoms with Gasteiger partial charge in [0.15, 0.2) is 0 Å². The summed E-state index contributed by atoms with van der Waals surface area (Å²) in [7, 11) is -2.42. The van der Waals surface area contributed by atoms with Crippen LogP contribution in [-0.2, 0) is 21.4 Å². The van der Waals surface area contributed by atoms with Gasteiger partial charge in [0.2, 0.25) is 5.91 Å². The van der Waals surface area contributed by atoms with Gasteiger partial charge in [0, 0.05) is 30.4 Å². The number of sulfonamides is 1. The van der Waals surface area contributed by atoms with E-state index in [1.165, 1.54) is 24.6 Å². The minimum absolute atomic E-state index is 0.0238. The Morgan fingerprint density at radius 3 is 2.68 bits per heavy atom. The fourth-order valence-electron chi connectivity index (χ4n) is 3.56. The molecule has 164 valence electrons. The van der Waals surface area contributed by atoms with Gasteiger partial charge in [-0.05, 0) is 38.0 Å². The highest BCUT2D eigenvalue weighted by Gasteiger charge is 2.24. The molecule has 1 aliphatic rings. The molecule has 1 aromatic carbocycles. The number of benzene rings is 1. The third-order valence-corrected chi connectivity index (χ3v) is 7.45. The quantitative estimate of drug-likeness (QED) is 0.584. The minimum atomic E-state index is -3.90. The number of aromatic nitrogens is 2. The SMILES string of the molecule is COc1ccccc1NS(=O)(=O)c1cc(-c2nc(C)cs2)n(CC(=O)N2CCCC2)c1. The standard InChI is InChI=1S/C21H24N4O4S2/c1-15-14-30-21(22-15)18-11-16(12-25(18)13-20(26)24-9-5-6-10-24)31(27,28)23-17-7-3-4-8-19(17)29-2/h3-4,7-8,11-12,14,23H,5-6,9-10,13H2,1-2H3. The predicted molar refractivity (Wildman–Crippen MR) is 120 cm³/mol. The van der Waals surface area contributed by atoms with Crippen LogP contribution in [0.1, 0.15) is 18.5 Å². The van der Waals surface area contributed by atoms with Crippen molar-refractivity contribution in [3.05, 3.63) is 47.6 Å². The molecule has 1 N–H and O–H groups in total. The van der Waals surface area contributed by atoms with E-state index in [2.05, 4.69) is 9.71 Å². The number of nitrogens with zero attached hydrogens (tertiary/aromatic N) is 3. The molecular formula is C21H24N4O4S2. The van der Waals surface area contributed by atoms with E-state index in [0.717, 1.165) is 31.6 Å². The van der Waals surface area contributed by atoms with Gasteiger partial charge >= 0.3 is 0 Å². The van der Waals surface area contributed by atoms with Crippen LogP contribution in [0.4, 0.5) is 5.69 Å². The van der Waals surface area contributed by atoms with Crippen LogP contribution >= 0.6 is 11.3 Å². The Labute approximate surface area is 185 Å². The number of thiazole rings is 1. The number of hydrogen-bond acceptors (Lipinski definition) is 6. The van der Waals surface area contributed by atoms with Gasteiger partial charge in [-0.3, -0.25) is 9.52 Å². The molecule has 2 aromatic heterocycles. The third kappa shape index (κ3) is 4.59. The normalized spacial score (nSPS) is 14.1. The van der Waals surface area contributed by atoms with Gasteiger partial charge < -0.3 is 14.2 Å². The van der Waals surface area contributed by atoms with Gasteiger partial charge in [-0.2, -0.15) is 0 Å². The van der Waals surface area contributed by atoms with Gasteiger partial charge in [0.05, 0.1) is 18.5 Å². The van der Waals surface area contributed by atoms with E-state index < -0.39 is 10.0 Å². The van der Waals surface area contributed by atoms with Crippen molar-refractivity contribution in [2.45, 2.75) is 31.2 Å². The van der Waals surface area contributed by atoms with Crippen molar-refractivity contribution in [2.75, 3.05) is 24.9 Å². The maximum absolute atomic E-state index is 13.1. The largest absolute Gasteiger partial charge is 0.495 e. The average Bonchev–Trinajstić information content (AvgIpc) is 3.49. The van der Waals surface area contributed by atoms with E-state index in [4.69, 9.17) is 4.74 Å². The van der Waals surface area contributed by atoms with Crippen molar-refractivity contribution in [3.63, 3.8) is 0 Å². The van der Waals surface area contributed by atoms with Crippen molar-refractivity contribution >= 4 is 33.0 Å². The number of rotatable bonds is 7. The molecule has 8 nitrogen and oxygen atoms in total. The highest BCUT2D eigenvalue weighted by Crippen LogP contribution is 2.31. The molecule has 0 unspecified atom stereocenters. The molecule has 0 spiro atoms. The topological polar surface area (TPSA) is 93.5 Å². The van der Waals surface area contributed by atoms with Crippen LogP contribution in [0.15, 0.2) is 46.8 Å². The molecule has 0 aliphatic carbocycles. The Bertz CT molecular complexity index is 1190. The number of nitrogens with one attached hydrogen (secondary N) is 1. The Morgan fingerprint density at radius 1 is 1.26 bits per heavy atom. The summed E-state index contributed by atoms with van der Waals surface area (Å²) < 4.78 is 35.7. The number of carbonyl (C=O) groups is 1. The fraction of sp³-hybridized carbons (Fsp3) is 0.333. The lowest BCUT2D eigenvalue weighted by atomic mass is 10.3. The molecule has 3 aromatic rings. The summed E-state index contributed by atoms with van der Waals surface area (Å²) in [6.45, 7) is 3.43. The first-order chi connectivity index (χ1) is 14.9. The van der Waals surface area contributed by atoms with Crippen molar-refractivity contribution in [2.24, 2.45) is 0 Å². The van der Waals surface area contributed by atoms with E-state index in [0.29, 0.717) is 22.1 Å². The molecule has 0 saturated carbocycles. The molecule has 0 radical (unpaired) electrons. The van der Waals surface area contributed by atoms with Crippen LogP contribution in [0.25, 0.3) is 10.7 Å². The van der Waals surface area contributed by atoms with Crippen LogP contribution in [0.5, 0.6) is 5.75 Å². The molecule has 1 fully saturated rings.